The fourth-order valence-corrected chi connectivity index (χ4v) is 4.70. The molecule has 8 nitrogen and oxygen atoms in total. The van der Waals surface area contributed by atoms with E-state index in [1.807, 2.05) is 13.8 Å². The van der Waals surface area contributed by atoms with Crippen LogP contribution in [0.5, 0.6) is 11.5 Å². The lowest BCUT2D eigenvalue weighted by Crippen LogP contribution is -2.39. The Balaban J connectivity index is 1.78. The van der Waals surface area contributed by atoms with Gasteiger partial charge in [0, 0.05) is 5.02 Å². The van der Waals surface area contributed by atoms with E-state index >= 15 is 0 Å². The molecule has 3 aromatic rings. The molecule has 0 aromatic heterocycles. The van der Waals surface area contributed by atoms with Crippen molar-refractivity contribution in [2.24, 2.45) is 5.10 Å². The number of rotatable bonds is 11. The van der Waals surface area contributed by atoms with E-state index in [0.717, 1.165) is 4.31 Å². The lowest BCUT2D eigenvalue weighted by molar-refractivity contribution is -0.119. The highest BCUT2D eigenvalue weighted by molar-refractivity contribution is 7.92. The number of sulfonamides is 1. The van der Waals surface area contributed by atoms with Gasteiger partial charge in [0.25, 0.3) is 15.9 Å². The Morgan fingerprint density at radius 2 is 1.63 bits per heavy atom. The number of nitrogens with zero attached hydrogens (tertiary/aromatic N) is 2. The topological polar surface area (TPSA) is 97.3 Å². The molecule has 3 aromatic carbocycles. The van der Waals surface area contributed by atoms with Crippen molar-refractivity contribution >= 4 is 39.4 Å². The maximum absolute atomic E-state index is 13.3. The lowest BCUT2D eigenvalue weighted by atomic mass is 10.2. The van der Waals surface area contributed by atoms with E-state index in [1.54, 1.807) is 48.5 Å². The highest BCUT2D eigenvalue weighted by atomic mass is 35.5. The Labute approximate surface area is 210 Å². The number of hydrogen-bond donors (Lipinski definition) is 1. The summed E-state index contributed by atoms with van der Waals surface area (Å²) in [7, 11) is -4.01. The molecule has 0 fully saturated rings. The Morgan fingerprint density at radius 1 is 0.971 bits per heavy atom. The van der Waals surface area contributed by atoms with E-state index in [9.17, 15) is 13.2 Å². The van der Waals surface area contributed by atoms with Gasteiger partial charge in [-0.1, -0.05) is 29.8 Å². The minimum absolute atomic E-state index is 0.0593. The highest BCUT2D eigenvalue weighted by Gasteiger charge is 2.27. The number of halogens is 1. The lowest BCUT2D eigenvalue weighted by Gasteiger charge is -2.23. The third-order valence-corrected chi connectivity index (χ3v) is 6.74. The first-order chi connectivity index (χ1) is 16.8. The van der Waals surface area contributed by atoms with Crippen molar-refractivity contribution in [3.8, 4) is 11.5 Å². The number of ether oxygens (including phenoxy) is 2. The molecular formula is C25H26ClN3O5S. The van der Waals surface area contributed by atoms with Crippen molar-refractivity contribution in [3.05, 3.63) is 83.4 Å². The van der Waals surface area contributed by atoms with Crippen molar-refractivity contribution < 1.29 is 22.7 Å². The van der Waals surface area contributed by atoms with Crippen LogP contribution in [-0.2, 0) is 14.8 Å². The number of amides is 1. The fraction of sp³-hybridized carbons (Fsp3) is 0.200. The van der Waals surface area contributed by atoms with Crippen molar-refractivity contribution in [3.63, 3.8) is 0 Å². The summed E-state index contributed by atoms with van der Waals surface area (Å²) < 4.78 is 38.7. The predicted octanol–water partition coefficient (Wildman–Crippen LogP) is 4.48. The molecule has 10 heteroatoms. The molecule has 0 aliphatic carbocycles. The second-order valence-corrected chi connectivity index (χ2v) is 9.47. The number of hydrogen-bond acceptors (Lipinski definition) is 6. The van der Waals surface area contributed by atoms with E-state index in [-0.39, 0.29) is 4.90 Å². The molecule has 0 radical (unpaired) electrons. The summed E-state index contributed by atoms with van der Waals surface area (Å²) in [6, 6.07) is 19.3. The molecule has 0 saturated heterocycles. The van der Waals surface area contributed by atoms with Crippen LogP contribution < -0.4 is 19.2 Å². The third kappa shape index (κ3) is 6.97. The van der Waals surface area contributed by atoms with Crippen LogP contribution in [0.15, 0.2) is 82.8 Å². The van der Waals surface area contributed by atoms with E-state index in [1.165, 1.54) is 30.5 Å². The smallest absolute Gasteiger partial charge is 0.264 e. The summed E-state index contributed by atoms with van der Waals surface area (Å²) in [5.41, 5.74) is 3.35. The molecule has 0 unspecified atom stereocenters. The molecule has 0 aliphatic rings. The van der Waals surface area contributed by atoms with Crippen LogP contribution in [0.3, 0.4) is 0 Å². The van der Waals surface area contributed by atoms with Crippen molar-refractivity contribution in [2.75, 3.05) is 24.1 Å². The van der Waals surface area contributed by atoms with Gasteiger partial charge in [-0.15, -0.1) is 0 Å². The van der Waals surface area contributed by atoms with Gasteiger partial charge in [0.15, 0.2) is 11.5 Å². The van der Waals surface area contributed by atoms with Gasteiger partial charge in [-0.05, 0) is 74.0 Å². The summed E-state index contributed by atoms with van der Waals surface area (Å²) in [5.74, 6) is 0.555. The number of hydrazone groups is 1. The summed E-state index contributed by atoms with van der Waals surface area (Å²) >= 11 is 5.96. The SMILES string of the molecule is CCOc1ccc(/C=N/NC(=O)CN(c2ccc(Cl)cc2)S(=O)(=O)c2ccccc2)cc1OCC. The van der Waals surface area contributed by atoms with Gasteiger partial charge < -0.3 is 9.47 Å². The number of anilines is 1. The van der Waals surface area contributed by atoms with Crippen molar-refractivity contribution in [1.82, 2.24) is 5.43 Å². The minimum atomic E-state index is -4.01. The molecule has 35 heavy (non-hydrogen) atoms. The molecule has 1 amide bonds. The normalized spacial score (nSPS) is 11.3. The average Bonchev–Trinajstić information content (AvgIpc) is 2.85. The zero-order chi connectivity index (χ0) is 25.3. The van der Waals surface area contributed by atoms with E-state index in [2.05, 4.69) is 10.5 Å². The fourth-order valence-electron chi connectivity index (χ4n) is 3.13. The van der Waals surface area contributed by atoms with Gasteiger partial charge >= 0.3 is 0 Å². The molecule has 1 N–H and O–H groups in total. The molecule has 3 rings (SSSR count). The Kier molecular flexibility index (Phi) is 9.11. The van der Waals surface area contributed by atoms with Gasteiger partial charge in [0.2, 0.25) is 0 Å². The monoisotopic (exact) mass is 515 g/mol. The van der Waals surface area contributed by atoms with Crippen LogP contribution in [0.4, 0.5) is 5.69 Å². The summed E-state index contributed by atoms with van der Waals surface area (Å²) in [4.78, 5) is 12.7. The van der Waals surface area contributed by atoms with Crippen molar-refractivity contribution in [1.29, 1.82) is 0 Å². The van der Waals surface area contributed by atoms with Crippen LogP contribution in [-0.4, -0.2) is 40.3 Å². The molecular weight excluding hydrogens is 490 g/mol. The largest absolute Gasteiger partial charge is 0.490 e. The summed E-state index contributed by atoms with van der Waals surface area (Å²) in [6.45, 7) is 4.23. The number of carbonyl (C=O) groups excluding carboxylic acids is 1. The van der Waals surface area contributed by atoms with Gasteiger partial charge in [0.05, 0.1) is 30.0 Å². The molecule has 0 saturated carbocycles. The second kappa shape index (κ2) is 12.2. The maximum atomic E-state index is 13.3. The van der Waals surface area contributed by atoms with Crippen LogP contribution in [0.1, 0.15) is 19.4 Å². The quantitative estimate of drug-likeness (QED) is 0.300. The maximum Gasteiger partial charge on any atom is 0.264 e. The van der Waals surface area contributed by atoms with Crippen LogP contribution in [0.2, 0.25) is 5.02 Å². The average molecular weight is 516 g/mol. The highest BCUT2D eigenvalue weighted by Crippen LogP contribution is 2.28. The minimum Gasteiger partial charge on any atom is -0.490 e. The Hall–Kier alpha value is -3.56. The first-order valence-corrected chi connectivity index (χ1v) is 12.7. The van der Waals surface area contributed by atoms with Crippen molar-refractivity contribution in [2.45, 2.75) is 18.7 Å². The summed E-state index contributed by atoms with van der Waals surface area (Å²) in [5, 5.41) is 4.42. The number of benzene rings is 3. The first-order valence-electron chi connectivity index (χ1n) is 10.9. The van der Waals surface area contributed by atoms with E-state index < -0.39 is 22.5 Å². The predicted molar refractivity (Wildman–Crippen MR) is 137 cm³/mol. The van der Waals surface area contributed by atoms with E-state index in [0.29, 0.717) is 41.0 Å². The van der Waals surface area contributed by atoms with Crippen LogP contribution >= 0.6 is 11.6 Å². The molecule has 0 spiro atoms. The molecule has 184 valence electrons. The standard InChI is InChI=1S/C25H26ClN3O5S/c1-3-33-23-15-10-19(16-24(23)34-4-2)17-27-28-25(30)18-29(21-13-11-20(26)12-14-21)35(31,32)22-8-6-5-7-9-22/h5-17H,3-4,18H2,1-2H3,(H,28,30)/b27-17+. The number of carbonyl (C=O) groups is 1. The first kappa shape index (κ1) is 26.1. The molecule has 0 heterocycles. The summed E-state index contributed by atoms with van der Waals surface area (Å²) in [6.07, 6.45) is 1.44. The van der Waals surface area contributed by atoms with Gasteiger partial charge in [-0.25, -0.2) is 13.8 Å². The second-order valence-electron chi connectivity index (χ2n) is 7.17. The zero-order valence-corrected chi connectivity index (χ0v) is 20.9. The van der Waals surface area contributed by atoms with Gasteiger partial charge in [0.1, 0.15) is 6.54 Å². The van der Waals surface area contributed by atoms with Gasteiger partial charge in [-0.2, -0.15) is 5.10 Å². The van der Waals surface area contributed by atoms with E-state index in [4.69, 9.17) is 21.1 Å². The third-order valence-electron chi connectivity index (χ3n) is 4.70. The van der Waals surface area contributed by atoms with Crippen LogP contribution in [0, 0.1) is 0 Å². The Morgan fingerprint density at radius 3 is 2.29 bits per heavy atom. The Bertz CT molecular complexity index is 1270. The molecule has 0 aliphatic heterocycles. The molecule has 0 bridgehead atoms. The zero-order valence-electron chi connectivity index (χ0n) is 19.3. The van der Waals surface area contributed by atoms with Crippen LogP contribution in [0.25, 0.3) is 0 Å². The molecule has 0 atom stereocenters. The van der Waals surface area contributed by atoms with Gasteiger partial charge in [-0.3, -0.25) is 9.10 Å². The number of nitrogens with one attached hydrogen (secondary N) is 1.